The zero-order valence-corrected chi connectivity index (χ0v) is 16.7. The molecule has 142 valence electrons. The monoisotopic (exact) mass is 433 g/mol. The first kappa shape index (κ1) is 20.4. The molecule has 0 atom stereocenters. The van der Waals surface area contributed by atoms with Crippen molar-refractivity contribution in [3.05, 3.63) is 58.1 Å². The molecule has 0 heterocycles. The molecule has 0 aliphatic carbocycles. The van der Waals surface area contributed by atoms with Crippen LogP contribution in [0.5, 0.6) is 5.75 Å². The largest absolute Gasteiger partial charge is 0.490 e. The number of carbonyl (C=O) groups is 3. The summed E-state index contributed by atoms with van der Waals surface area (Å²) in [6, 6.07) is 11.2. The fourth-order valence-corrected chi connectivity index (χ4v) is 2.63. The Morgan fingerprint density at radius 2 is 1.48 bits per heavy atom. The van der Waals surface area contributed by atoms with Crippen LogP contribution in [0.25, 0.3) is 0 Å². The zero-order valence-electron chi connectivity index (χ0n) is 15.1. The quantitative estimate of drug-likeness (QED) is 0.630. The second kappa shape index (κ2) is 9.18. The first-order valence-corrected chi connectivity index (χ1v) is 9.00. The van der Waals surface area contributed by atoms with Gasteiger partial charge in [-0.3, -0.25) is 25.2 Å². The summed E-state index contributed by atoms with van der Waals surface area (Å²) in [6.07, 6.45) is 0.0114. The number of hydrogen-bond acceptors (Lipinski definition) is 4. The van der Waals surface area contributed by atoms with Gasteiger partial charge in [-0.05, 0) is 72.2 Å². The molecule has 2 aromatic rings. The highest BCUT2D eigenvalue weighted by Gasteiger charge is 2.12. The molecule has 27 heavy (non-hydrogen) atoms. The summed E-state index contributed by atoms with van der Waals surface area (Å²) in [5, 5.41) is 2.61. The van der Waals surface area contributed by atoms with Crippen molar-refractivity contribution in [2.75, 3.05) is 5.32 Å². The summed E-state index contributed by atoms with van der Waals surface area (Å²) in [4.78, 5) is 35.3. The number of anilines is 1. The van der Waals surface area contributed by atoms with Crippen LogP contribution in [-0.2, 0) is 4.79 Å². The highest BCUT2D eigenvalue weighted by molar-refractivity contribution is 9.10. The van der Waals surface area contributed by atoms with Crippen LogP contribution in [0.4, 0.5) is 5.69 Å². The van der Waals surface area contributed by atoms with Crippen LogP contribution < -0.4 is 20.9 Å². The van der Waals surface area contributed by atoms with Crippen molar-refractivity contribution in [3.8, 4) is 5.75 Å². The van der Waals surface area contributed by atoms with E-state index in [9.17, 15) is 14.4 Å². The molecule has 0 bridgehead atoms. The summed E-state index contributed by atoms with van der Waals surface area (Å²) >= 11 is 3.36. The van der Waals surface area contributed by atoms with Crippen LogP contribution in [0.15, 0.2) is 46.9 Å². The van der Waals surface area contributed by atoms with E-state index in [1.54, 1.807) is 42.5 Å². The molecule has 0 aromatic heterocycles. The second-order valence-electron chi connectivity index (χ2n) is 5.98. The maximum Gasteiger partial charge on any atom is 0.269 e. The van der Waals surface area contributed by atoms with Crippen LogP contribution in [-0.4, -0.2) is 23.8 Å². The Kier molecular flexibility index (Phi) is 6.95. The zero-order chi connectivity index (χ0) is 20.0. The van der Waals surface area contributed by atoms with Crippen molar-refractivity contribution in [2.24, 2.45) is 0 Å². The van der Waals surface area contributed by atoms with E-state index in [0.29, 0.717) is 27.0 Å². The maximum atomic E-state index is 12.2. The van der Waals surface area contributed by atoms with E-state index >= 15 is 0 Å². The van der Waals surface area contributed by atoms with E-state index < -0.39 is 11.8 Å². The molecule has 0 unspecified atom stereocenters. The molecule has 8 heteroatoms. The lowest BCUT2D eigenvalue weighted by atomic mass is 10.2. The minimum absolute atomic E-state index is 0.0114. The molecule has 0 saturated carbocycles. The number of rotatable bonds is 5. The number of nitrogens with one attached hydrogen (secondary N) is 3. The Morgan fingerprint density at radius 1 is 0.926 bits per heavy atom. The minimum atomic E-state index is -0.475. The molecular formula is C19H20BrN3O4. The van der Waals surface area contributed by atoms with Gasteiger partial charge in [-0.15, -0.1) is 0 Å². The van der Waals surface area contributed by atoms with Gasteiger partial charge in [0.1, 0.15) is 5.75 Å². The smallest absolute Gasteiger partial charge is 0.269 e. The molecule has 0 radical (unpaired) electrons. The van der Waals surface area contributed by atoms with Crippen LogP contribution in [0.1, 0.15) is 41.5 Å². The molecule has 0 saturated heterocycles. The number of hydrogen-bond donors (Lipinski definition) is 3. The number of ether oxygens (including phenoxy) is 1. The van der Waals surface area contributed by atoms with Crippen LogP contribution in [0.3, 0.4) is 0 Å². The topological polar surface area (TPSA) is 96.5 Å². The first-order chi connectivity index (χ1) is 12.8. The summed E-state index contributed by atoms with van der Waals surface area (Å²) in [5.41, 5.74) is 5.99. The number of carbonyl (C=O) groups excluding carboxylic acids is 3. The lowest BCUT2D eigenvalue weighted by molar-refractivity contribution is -0.114. The molecule has 0 aliphatic rings. The number of hydrazine groups is 1. The Balaban J connectivity index is 1.95. The van der Waals surface area contributed by atoms with Crippen molar-refractivity contribution in [2.45, 2.75) is 26.9 Å². The van der Waals surface area contributed by atoms with Gasteiger partial charge >= 0.3 is 0 Å². The van der Waals surface area contributed by atoms with E-state index in [1.807, 2.05) is 13.8 Å². The van der Waals surface area contributed by atoms with Gasteiger partial charge in [-0.25, -0.2) is 0 Å². The molecule has 7 nitrogen and oxygen atoms in total. The van der Waals surface area contributed by atoms with Crippen molar-refractivity contribution in [1.82, 2.24) is 10.9 Å². The second-order valence-corrected chi connectivity index (χ2v) is 6.83. The average molecular weight is 434 g/mol. The summed E-state index contributed by atoms with van der Waals surface area (Å²) < 4.78 is 6.24. The summed E-state index contributed by atoms with van der Waals surface area (Å²) in [6.45, 7) is 5.21. The molecule has 3 amide bonds. The van der Waals surface area contributed by atoms with E-state index in [-0.39, 0.29) is 12.0 Å². The van der Waals surface area contributed by atoms with Gasteiger partial charge in [0.05, 0.1) is 10.6 Å². The van der Waals surface area contributed by atoms with Crippen molar-refractivity contribution >= 4 is 39.3 Å². The van der Waals surface area contributed by atoms with Gasteiger partial charge in [0.25, 0.3) is 11.8 Å². The Bertz CT molecular complexity index is 851. The first-order valence-electron chi connectivity index (χ1n) is 8.21. The van der Waals surface area contributed by atoms with Gasteiger partial charge in [0.15, 0.2) is 0 Å². The van der Waals surface area contributed by atoms with Gasteiger partial charge in [0.2, 0.25) is 5.91 Å². The number of benzene rings is 2. The predicted octanol–water partition coefficient (Wildman–Crippen LogP) is 3.27. The van der Waals surface area contributed by atoms with Crippen molar-refractivity contribution in [1.29, 1.82) is 0 Å². The molecule has 3 N–H and O–H groups in total. The highest BCUT2D eigenvalue weighted by Crippen LogP contribution is 2.26. The summed E-state index contributed by atoms with van der Waals surface area (Å²) in [7, 11) is 0. The van der Waals surface area contributed by atoms with Gasteiger partial charge in [0, 0.05) is 23.7 Å². The normalized spacial score (nSPS) is 10.3. The van der Waals surface area contributed by atoms with Gasteiger partial charge in [-0.1, -0.05) is 0 Å². The van der Waals surface area contributed by atoms with Crippen molar-refractivity contribution in [3.63, 3.8) is 0 Å². The fourth-order valence-electron chi connectivity index (χ4n) is 2.16. The highest BCUT2D eigenvalue weighted by atomic mass is 79.9. The van der Waals surface area contributed by atoms with Crippen molar-refractivity contribution < 1.29 is 19.1 Å². The molecule has 2 aromatic carbocycles. The minimum Gasteiger partial charge on any atom is -0.490 e. The Morgan fingerprint density at radius 3 is 2.00 bits per heavy atom. The number of amides is 3. The standard InChI is InChI=1S/C19H20BrN3O4/c1-11(2)27-17-9-6-14(10-16(17)20)19(26)23-22-18(25)13-4-7-15(8-5-13)21-12(3)24/h4-11H,1-3H3,(H,21,24)(H,22,25)(H,23,26). The SMILES string of the molecule is CC(=O)Nc1ccc(C(=O)NNC(=O)c2ccc(OC(C)C)c(Br)c2)cc1. The van der Waals surface area contributed by atoms with Gasteiger partial charge < -0.3 is 10.1 Å². The maximum absolute atomic E-state index is 12.2. The third-order valence-electron chi connectivity index (χ3n) is 3.31. The third-order valence-corrected chi connectivity index (χ3v) is 3.93. The fraction of sp³-hybridized carbons (Fsp3) is 0.211. The lowest BCUT2D eigenvalue weighted by Gasteiger charge is -2.13. The molecular weight excluding hydrogens is 414 g/mol. The molecule has 2 rings (SSSR count). The van der Waals surface area contributed by atoms with Crippen LogP contribution in [0, 0.1) is 0 Å². The Labute approximate surface area is 165 Å². The predicted molar refractivity (Wildman–Crippen MR) is 106 cm³/mol. The lowest BCUT2D eigenvalue weighted by Crippen LogP contribution is -2.41. The summed E-state index contributed by atoms with van der Waals surface area (Å²) in [5.74, 6) is -0.508. The van der Waals surface area contributed by atoms with E-state index in [0.717, 1.165) is 0 Å². The van der Waals surface area contributed by atoms with E-state index in [1.165, 1.54) is 6.92 Å². The van der Waals surface area contributed by atoms with Gasteiger partial charge in [-0.2, -0.15) is 0 Å². The van der Waals surface area contributed by atoms with E-state index in [2.05, 4.69) is 32.1 Å². The van der Waals surface area contributed by atoms with E-state index in [4.69, 9.17) is 4.74 Å². The average Bonchev–Trinajstić information content (AvgIpc) is 2.61. The van der Waals surface area contributed by atoms with Crippen LogP contribution >= 0.6 is 15.9 Å². The van der Waals surface area contributed by atoms with Crippen LogP contribution in [0.2, 0.25) is 0 Å². The third kappa shape index (κ3) is 6.10. The molecule has 0 spiro atoms. The molecule has 0 aliphatic heterocycles. The molecule has 0 fully saturated rings. The number of halogens is 1. The Hall–Kier alpha value is -2.87.